The van der Waals surface area contributed by atoms with Crippen molar-refractivity contribution in [1.82, 2.24) is 0 Å². The fourth-order valence-corrected chi connectivity index (χ4v) is 1.03. The van der Waals surface area contributed by atoms with E-state index in [9.17, 15) is 0 Å². The fourth-order valence-electron chi connectivity index (χ4n) is 0.364. The molecule has 1 aromatic rings. The third kappa shape index (κ3) is 17.6. The summed E-state index contributed by atoms with van der Waals surface area (Å²) in [6, 6.07) is 8.40. The molecule has 0 unspecified atom stereocenters. The van der Waals surface area contributed by atoms with Crippen LogP contribution >= 0.6 is 0 Å². The van der Waals surface area contributed by atoms with Gasteiger partial charge in [-0.3, -0.25) is 0 Å². The average molecular weight is 706 g/mol. The summed E-state index contributed by atoms with van der Waals surface area (Å²) in [7, 11) is 0. The van der Waals surface area contributed by atoms with Gasteiger partial charge >= 0.3 is 52.3 Å². The minimum Gasteiger partial charge on any atom is -0.358 e. The van der Waals surface area contributed by atoms with Gasteiger partial charge in [0, 0.05) is 40.8 Å². The van der Waals surface area contributed by atoms with E-state index in [-0.39, 0.29) is 70.6 Å². The molecule has 0 saturated carbocycles. The van der Waals surface area contributed by atoms with Crippen LogP contribution in [-0.4, -0.2) is 24.7 Å². The zero-order valence-corrected chi connectivity index (χ0v) is 16.9. The molecule has 0 fully saturated rings. The zero-order valence-electron chi connectivity index (χ0n) is 8.01. The van der Waals surface area contributed by atoms with E-state index in [2.05, 4.69) is 24.3 Å². The zero-order chi connectivity index (χ0) is 4.41. The molecule has 0 aliphatic carbocycles. The second-order valence-corrected chi connectivity index (χ2v) is 3.15. The van der Waals surface area contributed by atoms with Gasteiger partial charge in [0.1, 0.15) is 0 Å². The molecule has 0 amide bonds. The molecule has 4 radical (unpaired) electrons. The van der Waals surface area contributed by atoms with E-state index < -0.39 is 0 Å². The summed E-state index contributed by atoms with van der Waals surface area (Å²) in [4.78, 5) is 0. The van der Waals surface area contributed by atoms with Crippen LogP contribution in [0.25, 0.3) is 0 Å². The number of hydrogen-bond acceptors (Lipinski definition) is 0. The molecule has 0 spiro atoms. The minimum absolute atomic E-state index is 0. The second kappa shape index (κ2) is 22.9. The predicted octanol–water partition coefficient (Wildman–Crippen LogP) is 2.00. The fraction of sp³-hybridized carbons (Fsp3) is 0. The maximum Gasteiger partial charge on any atom is 0 e. The molecule has 0 saturated heterocycles. The molecule has 3 heteroatoms. The molecule has 1 aromatic carbocycles. The van der Waals surface area contributed by atoms with Gasteiger partial charge in [0.2, 0.25) is 0 Å². The van der Waals surface area contributed by atoms with Gasteiger partial charge in [-0.25, -0.2) is 0 Å². The van der Waals surface area contributed by atoms with Crippen molar-refractivity contribution in [2.45, 2.75) is 0 Å². The smallest absolute Gasteiger partial charge is 0 e. The molecule has 0 aliphatic heterocycles. The van der Waals surface area contributed by atoms with Gasteiger partial charge in [0.15, 0.2) is 0 Å². The van der Waals surface area contributed by atoms with Crippen LogP contribution in [0.3, 0.4) is 0 Å². The first-order valence-corrected chi connectivity index (χ1v) is 3.54. The third-order valence-corrected chi connectivity index (χ3v) is 1.80. The molecule has 0 aromatic heterocycles. The van der Waals surface area contributed by atoms with Crippen molar-refractivity contribution in [1.29, 1.82) is 0 Å². The van der Waals surface area contributed by atoms with Crippen molar-refractivity contribution in [2.24, 2.45) is 0 Å². The Labute approximate surface area is 121 Å². The summed E-state index contributed by atoms with van der Waals surface area (Å²) in [6.07, 6.45) is 0. The van der Waals surface area contributed by atoms with Gasteiger partial charge in [0.25, 0.3) is 0 Å². The van der Waals surface area contributed by atoms with Crippen molar-refractivity contribution in [3.8, 4) is 0 Å². The van der Waals surface area contributed by atoms with Crippen molar-refractivity contribution < 1.29 is 40.8 Å². The Morgan fingerprint density at radius 1 is 1.00 bits per heavy atom. The molecule has 76 valence electrons. The minimum atomic E-state index is 0. The molecular formula is C9H16BiRe2-5. The van der Waals surface area contributed by atoms with E-state index in [1.807, 2.05) is 0 Å². The van der Waals surface area contributed by atoms with Crippen LogP contribution in [0.4, 0.5) is 0 Å². The molecule has 12 heavy (non-hydrogen) atoms. The Hall–Kier alpha value is 1.56. The van der Waals surface area contributed by atoms with Gasteiger partial charge in [0.05, 0.1) is 0 Å². The van der Waals surface area contributed by atoms with Crippen LogP contribution in [0, 0.1) is 29.7 Å². The molecule has 0 N–H and O–H groups in total. The van der Waals surface area contributed by atoms with E-state index >= 15 is 0 Å². The van der Waals surface area contributed by atoms with Crippen molar-refractivity contribution >= 4 is 28.0 Å². The van der Waals surface area contributed by atoms with Crippen LogP contribution in [0.2, 0.25) is 0 Å². The molecule has 0 aliphatic rings. The first-order chi connectivity index (χ1) is 2.89. The summed E-state index contributed by atoms with van der Waals surface area (Å²) in [5.41, 5.74) is 0. The van der Waals surface area contributed by atoms with Crippen molar-refractivity contribution in [2.75, 3.05) is 0 Å². The Balaban J connectivity index is -0.0000000150. The Morgan fingerprint density at radius 2 is 1.42 bits per heavy atom. The van der Waals surface area contributed by atoms with E-state index in [1.54, 1.807) is 0 Å². The van der Waals surface area contributed by atoms with Crippen LogP contribution in [0.15, 0.2) is 24.3 Å². The average Bonchev–Trinajstić information content (AvgIpc) is 1.86. The van der Waals surface area contributed by atoms with E-state index in [1.165, 1.54) is 28.0 Å². The summed E-state index contributed by atoms with van der Waals surface area (Å²) >= 11 is 1.37. The van der Waals surface area contributed by atoms with Gasteiger partial charge in [-0.1, -0.05) is 0 Å². The summed E-state index contributed by atoms with van der Waals surface area (Å²) < 4.78 is 1.45. The SMILES string of the molecule is [Bi][c]1ccc[cH-]1.[CH3-].[CH3-].[CH3-].[CH3-].[Re].[Re]. The second-order valence-electron chi connectivity index (χ2n) is 1.14. The third-order valence-electron chi connectivity index (χ3n) is 0.645. The Bertz CT molecular complexity index is 116. The van der Waals surface area contributed by atoms with E-state index in [0.29, 0.717) is 0 Å². The summed E-state index contributed by atoms with van der Waals surface area (Å²) in [5, 5.41) is 0. The first-order valence-electron chi connectivity index (χ1n) is 1.80. The van der Waals surface area contributed by atoms with Gasteiger partial charge in [-0.15, -0.1) is 0 Å². The standard InChI is InChI=1S/C5H4.4CH3.Bi.2Re/c1-2-4-5-3-1;;;;;;;/h1-4H;4*1H3;;;/q5*-1;;;. The molecule has 0 atom stereocenters. The van der Waals surface area contributed by atoms with Crippen LogP contribution in [0.5, 0.6) is 0 Å². The summed E-state index contributed by atoms with van der Waals surface area (Å²) in [6.45, 7) is 0. The molecule has 0 bridgehead atoms. The topological polar surface area (TPSA) is 0 Å². The first kappa shape index (κ1) is 37.4. The maximum atomic E-state index is 2.13. The normalized spacial score (nSPS) is 4.42. The van der Waals surface area contributed by atoms with Crippen molar-refractivity contribution in [3.63, 3.8) is 0 Å². The number of hydrogen-bond donors (Lipinski definition) is 0. The quantitative estimate of drug-likeness (QED) is 0.287. The molecule has 0 heterocycles. The molecule has 1 rings (SSSR count). The van der Waals surface area contributed by atoms with Crippen molar-refractivity contribution in [3.05, 3.63) is 54.0 Å². The van der Waals surface area contributed by atoms with Crippen LogP contribution < -0.4 is 3.27 Å². The predicted molar refractivity (Wildman–Crippen MR) is 53.1 cm³/mol. The van der Waals surface area contributed by atoms with Gasteiger partial charge < -0.3 is 29.7 Å². The van der Waals surface area contributed by atoms with Crippen LogP contribution in [-0.2, 0) is 40.8 Å². The van der Waals surface area contributed by atoms with Gasteiger partial charge in [-0.05, 0) is 0 Å². The van der Waals surface area contributed by atoms with E-state index in [4.69, 9.17) is 0 Å². The maximum absolute atomic E-state index is 2.13. The number of rotatable bonds is 0. The van der Waals surface area contributed by atoms with Crippen LogP contribution in [0.1, 0.15) is 0 Å². The largest absolute Gasteiger partial charge is 0.358 e. The molecule has 0 nitrogen and oxygen atoms in total. The Morgan fingerprint density at radius 3 is 1.50 bits per heavy atom. The molecular weight excluding hydrogens is 689 g/mol. The Kier molecular flexibility index (Phi) is 71.4. The monoisotopic (exact) mass is 707 g/mol. The summed E-state index contributed by atoms with van der Waals surface area (Å²) in [5.74, 6) is 0. The van der Waals surface area contributed by atoms with E-state index in [0.717, 1.165) is 0 Å². The van der Waals surface area contributed by atoms with Gasteiger partial charge in [-0.2, -0.15) is 0 Å².